The molecule has 5 amide bonds. The summed E-state index contributed by atoms with van der Waals surface area (Å²) in [6.07, 6.45) is 2.20. The molecule has 0 aliphatic carbocycles. The van der Waals surface area contributed by atoms with Gasteiger partial charge in [0.2, 0.25) is 5.91 Å². The number of nitrogens with one attached hydrogen (secondary N) is 2. The van der Waals surface area contributed by atoms with Gasteiger partial charge in [-0.25, -0.2) is 4.79 Å². The van der Waals surface area contributed by atoms with Gasteiger partial charge < -0.3 is 15.5 Å². The van der Waals surface area contributed by atoms with E-state index in [0.717, 1.165) is 13.0 Å². The zero-order chi connectivity index (χ0) is 20.3. The van der Waals surface area contributed by atoms with Gasteiger partial charge in [0.15, 0.2) is 0 Å². The van der Waals surface area contributed by atoms with Gasteiger partial charge in [0, 0.05) is 38.3 Å². The summed E-state index contributed by atoms with van der Waals surface area (Å²) >= 11 is 0. The first-order valence-corrected chi connectivity index (χ1v) is 9.69. The molecule has 0 saturated carbocycles. The van der Waals surface area contributed by atoms with Gasteiger partial charge in [0.05, 0.1) is 11.1 Å². The third-order valence-corrected chi connectivity index (χ3v) is 4.84. The molecule has 3 rings (SSSR count). The predicted octanol–water partition coefficient (Wildman–Crippen LogP) is 2.07. The second-order valence-electron chi connectivity index (χ2n) is 7.59. The molecule has 1 aromatic rings. The minimum Gasteiger partial charge on any atom is -0.343 e. The first kappa shape index (κ1) is 19.9. The summed E-state index contributed by atoms with van der Waals surface area (Å²) < 4.78 is 0. The van der Waals surface area contributed by atoms with Gasteiger partial charge >= 0.3 is 6.03 Å². The summed E-state index contributed by atoms with van der Waals surface area (Å²) in [5.74, 6) is -0.260. The number of urea groups is 1. The quantitative estimate of drug-likeness (QED) is 0.554. The molecule has 0 atom stereocenters. The highest BCUT2D eigenvalue weighted by atomic mass is 16.2. The Hall–Kier alpha value is -2.90. The molecule has 8 heteroatoms. The molecule has 1 aromatic carbocycles. The normalized spacial score (nSPS) is 16.2. The molecule has 8 nitrogen and oxygen atoms in total. The maximum Gasteiger partial charge on any atom is 0.319 e. The smallest absolute Gasteiger partial charge is 0.319 e. The summed E-state index contributed by atoms with van der Waals surface area (Å²) in [7, 11) is 0. The van der Waals surface area contributed by atoms with Crippen LogP contribution in [0.25, 0.3) is 0 Å². The van der Waals surface area contributed by atoms with Crippen LogP contribution in [0.2, 0.25) is 0 Å². The van der Waals surface area contributed by atoms with Crippen LogP contribution in [0.5, 0.6) is 0 Å². The van der Waals surface area contributed by atoms with Crippen molar-refractivity contribution in [3.8, 4) is 0 Å². The maximum atomic E-state index is 12.5. The summed E-state index contributed by atoms with van der Waals surface area (Å²) in [6, 6.07) is 4.34. The molecule has 2 aliphatic rings. The first-order valence-electron chi connectivity index (χ1n) is 9.69. The Morgan fingerprint density at radius 3 is 2.57 bits per heavy atom. The fraction of sp³-hybridized carbons (Fsp3) is 0.500. The number of fused-ring (bicyclic) bond motifs is 1. The molecule has 0 spiro atoms. The molecule has 0 bridgehead atoms. The number of hydrogen-bond acceptors (Lipinski definition) is 4. The van der Waals surface area contributed by atoms with Gasteiger partial charge in [0.1, 0.15) is 0 Å². The second kappa shape index (κ2) is 8.41. The number of benzene rings is 1. The number of imide groups is 1. The molecule has 28 heavy (non-hydrogen) atoms. The van der Waals surface area contributed by atoms with Crippen molar-refractivity contribution in [2.24, 2.45) is 5.92 Å². The Labute approximate surface area is 164 Å². The molecule has 2 heterocycles. The van der Waals surface area contributed by atoms with Gasteiger partial charge in [0.25, 0.3) is 11.8 Å². The highest BCUT2D eigenvalue weighted by molar-refractivity contribution is 6.21. The standard InChI is InChI=1S/C20H26N4O4/c1-13(2)12-24-18(26)15-7-6-14(11-16(15)19(24)27)22-20(28)21-8-4-10-23-9-3-5-17(23)25/h6-7,11,13H,3-5,8-10,12H2,1-2H3,(H2,21,22,28). The number of carbonyl (C=O) groups is 4. The van der Waals surface area contributed by atoms with E-state index in [1.807, 2.05) is 18.7 Å². The molecule has 2 aliphatic heterocycles. The van der Waals surface area contributed by atoms with Gasteiger partial charge in [-0.2, -0.15) is 0 Å². The van der Waals surface area contributed by atoms with Crippen LogP contribution in [0, 0.1) is 5.92 Å². The highest BCUT2D eigenvalue weighted by Gasteiger charge is 2.35. The minimum absolute atomic E-state index is 0.174. The van der Waals surface area contributed by atoms with Crippen molar-refractivity contribution in [1.82, 2.24) is 15.1 Å². The Kier molecular flexibility index (Phi) is 5.96. The van der Waals surface area contributed by atoms with E-state index in [1.54, 1.807) is 18.2 Å². The van der Waals surface area contributed by atoms with Gasteiger partial charge in [-0.1, -0.05) is 13.8 Å². The van der Waals surface area contributed by atoms with Crippen LogP contribution in [-0.2, 0) is 4.79 Å². The largest absolute Gasteiger partial charge is 0.343 e. The van der Waals surface area contributed by atoms with E-state index in [9.17, 15) is 19.2 Å². The molecular formula is C20H26N4O4. The van der Waals surface area contributed by atoms with Crippen LogP contribution in [0.3, 0.4) is 0 Å². The van der Waals surface area contributed by atoms with Crippen molar-refractivity contribution in [2.45, 2.75) is 33.1 Å². The van der Waals surface area contributed by atoms with E-state index in [0.29, 0.717) is 49.3 Å². The van der Waals surface area contributed by atoms with E-state index in [2.05, 4.69) is 10.6 Å². The number of nitrogens with zero attached hydrogens (tertiary/aromatic N) is 2. The van der Waals surface area contributed by atoms with Crippen molar-refractivity contribution >= 4 is 29.4 Å². The lowest BCUT2D eigenvalue weighted by molar-refractivity contribution is -0.127. The fourth-order valence-corrected chi connectivity index (χ4v) is 3.49. The SMILES string of the molecule is CC(C)CN1C(=O)c2ccc(NC(=O)NCCCN3CCCC3=O)cc2C1=O. The third kappa shape index (κ3) is 4.32. The van der Waals surface area contributed by atoms with Crippen molar-refractivity contribution in [1.29, 1.82) is 0 Å². The van der Waals surface area contributed by atoms with E-state index in [1.165, 1.54) is 4.90 Å². The lowest BCUT2D eigenvalue weighted by Crippen LogP contribution is -2.33. The van der Waals surface area contributed by atoms with Crippen molar-refractivity contribution in [2.75, 3.05) is 31.5 Å². The van der Waals surface area contributed by atoms with E-state index >= 15 is 0 Å². The highest BCUT2D eigenvalue weighted by Crippen LogP contribution is 2.26. The van der Waals surface area contributed by atoms with Crippen LogP contribution >= 0.6 is 0 Å². The number of rotatable bonds is 7. The number of amides is 5. The Balaban J connectivity index is 1.51. The monoisotopic (exact) mass is 386 g/mol. The Morgan fingerprint density at radius 1 is 1.14 bits per heavy atom. The topological polar surface area (TPSA) is 98.8 Å². The number of hydrogen-bond donors (Lipinski definition) is 2. The van der Waals surface area contributed by atoms with E-state index in [4.69, 9.17) is 0 Å². The average molecular weight is 386 g/mol. The van der Waals surface area contributed by atoms with Crippen LogP contribution < -0.4 is 10.6 Å². The number of anilines is 1. The van der Waals surface area contributed by atoms with Gasteiger partial charge in [-0.3, -0.25) is 19.3 Å². The molecule has 0 aromatic heterocycles. The lowest BCUT2D eigenvalue weighted by atomic mass is 10.1. The molecule has 0 unspecified atom stereocenters. The fourth-order valence-electron chi connectivity index (χ4n) is 3.49. The molecule has 1 saturated heterocycles. The van der Waals surface area contributed by atoms with E-state index < -0.39 is 0 Å². The molecule has 1 fully saturated rings. The molecule has 150 valence electrons. The van der Waals surface area contributed by atoms with Crippen LogP contribution in [0.4, 0.5) is 10.5 Å². The van der Waals surface area contributed by atoms with Gasteiger partial charge in [-0.05, 0) is 37.0 Å². The summed E-state index contributed by atoms with van der Waals surface area (Å²) in [5, 5.41) is 5.43. The zero-order valence-electron chi connectivity index (χ0n) is 16.3. The first-order chi connectivity index (χ1) is 13.4. The second-order valence-corrected chi connectivity index (χ2v) is 7.59. The van der Waals surface area contributed by atoms with E-state index in [-0.39, 0.29) is 29.7 Å². The molecule has 2 N–H and O–H groups in total. The summed E-state index contributed by atoms with van der Waals surface area (Å²) in [6.45, 7) is 6.14. The molecular weight excluding hydrogens is 360 g/mol. The average Bonchev–Trinajstić information content (AvgIpc) is 3.15. The summed E-state index contributed by atoms with van der Waals surface area (Å²) in [5.41, 5.74) is 1.14. The maximum absolute atomic E-state index is 12.5. The van der Waals surface area contributed by atoms with Crippen molar-refractivity contribution in [3.05, 3.63) is 29.3 Å². The molecule has 0 radical (unpaired) electrons. The van der Waals surface area contributed by atoms with Crippen LogP contribution in [0.15, 0.2) is 18.2 Å². The summed E-state index contributed by atoms with van der Waals surface area (Å²) in [4.78, 5) is 51.5. The lowest BCUT2D eigenvalue weighted by Gasteiger charge is -2.15. The van der Waals surface area contributed by atoms with Crippen LogP contribution in [0.1, 0.15) is 53.8 Å². The Bertz CT molecular complexity index is 805. The third-order valence-electron chi connectivity index (χ3n) is 4.84. The number of carbonyl (C=O) groups excluding carboxylic acids is 4. The Morgan fingerprint density at radius 2 is 1.89 bits per heavy atom. The van der Waals surface area contributed by atoms with Crippen molar-refractivity contribution < 1.29 is 19.2 Å². The minimum atomic E-state index is -0.386. The van der Waals surface area contributed by atoms with Crippen LogP contribution in [-0.4, -0.2) is 59.7 Å². The van der Waals surface area contributed by atoms with Crippen molar-refractivity contribution in [3.63, 3.8) is 0 Å². The zero-order valence-corrected chi connectivity index (χ0v) is 16.3. The predicted molar refractivity (Wildman–Crippen MR) is 104 cm³/mol. The number of likely N-dealkylation sites (tertiary alicyclic amines) is 1. The van der Waals surface area contributed by atoms with Gasteiger partial charge in [-0.15, -0.1) is 0 Å².